The highest BCUT2D eigenvalue weighted by Crippen LogP contribution is 2.17. The minimum Gasteiger partial charge on any atom is -0.380 e. The molecule has 0 heterocycles. The lowest BCUT2D eigenvalue weighted by atomic mass is 10.2. The number of sulfonamides is 1. The summed E-state index contributed by atoms with van der Waals surface area (Å²) in [4.78, 5) is 0. The molecule has 0 aromatic heterocycles. The van der Waals surface area contributed by atoms with Crippen molar-refractivity contribution < 1.29 is 13.2 Å². The fourth-order valence-electron chi connectivity index (χ4n) is 1.63. The summed E-state index contributed by atoms with van der Waals surface area (Å²) in [5, 5.41) is 3.07. The van der Waals surface area contributed by atoms with Gasteiger partial charge in [0.05, 0.1) is 18.0 Å². The number of hydrogen-bond acceptors (Lipinski definition) is 4. The third-order valence-corrected chi connectivity index (χ3v) is 3.83. The SMILES string of the molecule is CCCNCCS(=O)(=O)Nc1ccccc1COC. The Balaban J connectivity index is 2.62. The highest BCUT2D eigenvalue weighted by Gasteiger charge is 2.12. The fourth-order valence-corrected chi connectivity index (χ4v) is 2.68. The summed E-state index contributed by atoms with van der Waals surface area (Å²) in [6.07, 6.45) is 0.990. The Morgan fingerprint density at radius 3 is 2.63 bits per heavy atom. The molecular formula is C13H22N2O3S. The van der Waals surface area contributed by atoms with Gasteiger partial charge in [-0.25, -0.2) is 8.42 Å². The lowest BCUT2D eigenvalue weighted by Gasteiger charge is -2.12. The van der Waals surface area contributed by atoms with Crippen LogP contribution in [0.15, 0.2) is 24.3 Å². The molecular weight excluding hydrogens is 264 g/mol. The van der Waals surface area contributed by atoms with Gasteiger partial charge >= 0.3 is 0 Å². The van der Waals surface area contributed by atoms with E-state index < -0.39 is 10.0 Å². The number of methoxy groups -OCH3 is 1. The minimum atomic E-state index is -3.32. The average molecular weight is 286 g/mol. The van der Waals surface area contributed by atoms with Gasteiger partial charge in [0.25, 0.3) is 0 Å². The average Bonchev–Trinajstić information content (AvgIpc) is 2.37. The normalized spacial score (nSPS) is 11.5. The van der Waals surface area contributed by atoms with Crippen molar-refractivity contribution in [3.63, 3.8) is 0 Å². The molecule has 0 amide bonds. The maximum Gasteiger partial charge on any atom is 0.233 e. The van der Waals surface area contributed by atoms with Gasteiger partial charge in [-0.05, 0) is 19.0 Å². The third-order valence-electron chi connectivity index (χ3n) is 2.56. The van der Waals surface area contributed by atoms with E-state index in [1.807, 2.05) is 19.1 Å². The molecule has 2 N–H and O–H groups in total. The van der Waals surface area contributed by atoms with Crippen molar-refractivity contribution in [1.82, 2.24) is 5.32 Å². The molecule has 0 spiro atoms. The molecule has 6 heteroatoms. The van der Waals surface area contributed by atoms with Crippen LogP contribution in [-0.2, 0) is 21.4 Å². The molecule has 1 aromatic rings. The highest BCUT2D eigenvalue weighted by atomic mass is 32.2. The lowest BCUT2D eigenvalue weighted by molar-refractivity contribution is 0.185. The second-order valence-corrected chi connectivity index (χ2v) is 6.10. The monoisotopic (exact) mass is 286 g/mol. The molecule has 0 saturated carbocycles. The molecule has 0 aliphatic carbocycles. The van der Waals surface area contributed by atoms with Gasteiger partial charge in [-0.3, -0.25) is 4.72 Å². The third kappa shape index (κ3) is 6.04. The van der Waals surface area contributed by atoms with Crippen LogP contribution >= 0.6 is 0 Å². The molecule has 108 valence electrons. The smallest absolute Gasteiger partial charge is 0.233 e. The first-order valence-corrected chi connectivity index (χ1v) is 8.02. The lowest BCUT2D eigenvalue weighted by Crippen LogP contribution is -2.27. The van der Waals surface area contributed by atoms with Crippen molar-refractivity contribution in [3.05, 3.63) is 29.8 Å². The first kappa shape index (κ1) is 15.9. The van der Waals surface area contributed by atoms with Crippen molar-refractivity contribution in [1.29, 1.82) is 0 Å². The topological polar surface area (TPSA) is 67.4 Å². The Morgan fingerprint density at radius 2 is 1.95 bits per heavy atom. The van der Waals surface area contributed by atoms with Gasteiger partial charge in [0, 0.05) is 19.2 Å². The van der Waals surface area contributed by atoms with E-state index in [0.717, 1.165) is 18.5 Å². The van der Waals surface area contributed by atoms with Crippen molar-refractivity contribution in [2.75, 3.05) is 30.7 Å². The van der Waals surface area contributed by atoms with Crippen molar-refractivity contribution in [3.8, 4) is 0 Å². The Hall–Kier alpha value is -1.11. The first-order valence-electron chi connectivity index (χ1n) is 6.37. The van der Waals surface area contributed by atoms with Gasteiger partial charge in [-0.2, -0.15) is 0 Å². The molecule has 19 heavy (non-hydrogen) atoms. The summed E-state index contributed by atoms with van der Waals surface area (Å²) in [5.74, 6) is 0.0638. The maximum atomic E-state index is 11.9. The van der Waals surface area contributed by atoms with Crippen LogP contribution in [0.2, 0.25) is 0 Å². The molecule has 5 nitrogen and oxygen atoms in total. The van der Waals surface area contributed by atoms with E-state index in [2.05, 4.69) is 10.0 Å². The molecule has 0 unspecified atom stereocenters. The Kier molecular flexibility index (Phi) is 6.83. The van der Waals surface area contributed by atoms with Crippen molar-refractivity contribution in [2.45, 2.75) is 20.0 Å². The minimum absolute atomic E-state index is 0.0638. The number of para-hydroxylation sites is 1. The van der Waals surface area contributed by atoms with Crippen molar-refractivity contribution >= 4 is 15.7 Å². The summed E-state index contributed by atoms with van der Waals surface area (Å²) < 4.78 is 31.5. The summed E-state index contributed by atoms with van der Waals surface area (Å²) in [7, 11) is -1.74. The van der Waals surface area contributed by atoms with Gasteiger partial charge in [0.15, 0.2) is 0 Å². The molecule has 1 aromatic carbocycles. The van der Waals surface area contributed by atoms with Gasteiger partial charge in [-0.15, -0.1) is 0 Å². The maximum absolute atomic E-state index is 11.9. The Morgan fingerprint density at radius 1 is 1.21 bits per heavy atom. The largest absolute Gasteiger partial charge is 0.380 e. The molecule has 0 aliphatic heterocycles. The second-order valence-electron chi connectivity index (χ2n) is 4.26. The number of rotatable bonds is 9. The fraction of sp³-hybridized carbons (Fsp3) is 0.538. The number of anilines is 1. The van der Waals surface area contributed by atoms with Crippen LogP contribution in [0.4, 0.5) is 5.69 Å². The molecule has 0 aliphatic rings. The van der Waals surface area contributed by atoms with E-state index in [1.165, 1.54) is 0 Å². The van der Waals surface area contributed by atoms with Crippen LogP contribution in [-0.4, -0.2) is 34.4 Å². The number of hydrogen-bond donors (Lipinski definition) is 2. The van der Waals surface area contributed by atoms with Crippen LogP contribution in [0.25, 0.3) is 0 Å². The molecule has 0 fully saturated rings. The van der Waals surface area contributed by atoms with E-state index >= 15 is 0 Å². The number of ether oxygens (including phenoxy) is 1. The molecule has 0 radical (unpaired) electrons. The number of nitrogens with one attached hydrogen (secondary N) is 2. The molecule has 0 atom stereocenters. The van der Waals surface area contributed by atoms with Gasteiger partial charge in [-0.1, -0.05) is 25.1 Å². The highest BCUT2D eigenvalue weighted by molar-refractivity contribution is 7.92. The quantitative estimate of drug-likeness (QED) is 0.676. The Labute approximate surface area is 115 Å². The van der Waals surface area contributed by atoms with Crippen LogP contribution in [0.3, 0.4) is 0 Å². The van der Waals surface area contributed by atoms with Crippen LogP contribution in [0.5, 0.6) is 0 Å². The Bertz CT molecular complexity index is 475. The summed E-state index contributed by atoms with van der Waals surface area (Å²) in [6, 6.07) is 7.24. The second kappa shape index (κ2) is 8.14. The van der Waals surface area contributed by atoms with Gasteiger partial charge in [0.1, 0.15) is 0 Å². The number of benzene rings is 1. The van der Waals surface area contributed by atoms with Gasteiger partial charge < -0.3 is 10.1 Å². The summed E-state index contributed by atoms with van der Waals surface area (Å²) in [6.45, 7) is 3.71. The predicted molar refractivity (Wildman–Crippen MR) is 77.7 cm³/mol. The van der Waals surface area contributed by atoms with Crippen LogP contribution in [0.1, 0.15) is 18.9 Å². The molecule has 0 saturated heterocycles. The summed E-state index contributed by atoms with van der Waals surface area (Å²) >= 11 is 0. The first-order chi connectivity index (χ1) is 9.09. The standard InChI is InChI=1S/C13H22N2O3S/c1-3-8-14-9-10-19(16,17)15-13-7-5-4-6-12(13)11-18-2/h4-7,14-15H,3,8-11H2,1-2H3. The van der Waals surface area contributed by atoms with E-state index in [4.69, 9.17) is 4.74 Å². The van der Waals surface area contributed by atoms with E-state index in [0.29, 0.717) is 18.8 Å². The molecule has 0 bridgehead atoms. The van der Waals surface area contributed by atoms with E-state index in [9.17, 15) is 8.42 Å². The molecule has 1 rings (SSSR count). The zero-order chi connectivity index (χ0) is 14.1. The van der Waals surface area contributed by atoms with Crippen LogP contribution < -0.4 is 10.0 Å². The zero-order valence-electron chi connectivity index (χ0n) is 11.5. The zero-order valence-corrected chi connectivity index (χ0v) is 12.3. The van der Waals surface area contributed by atoms with E-state index in [-0.39, 0.29) is 5.75 Å². The van der Waals surface area contributed by atoms with Crippen LogP contribution in [0, 0.1) is 0 Å². The summed E-state index contributed by atoms with van der Waals surface area (Å²) in [5.41, 5.74) is 1.41. The van der Waals surface area contributed by atoms with Gasteiger partial charge in [0.2, 0.25) is 10.0 Å². The van der Waals surface area contributed by atoms with Crippen molar-refractivity contribution in [2.24, 2.45) is 0 Å². The predicted octanol–water partition coefficient (Wildman–Crippen LogP) is 1.57. The van der Waals surface area contributed by atoms with E-state index in [1.54, 1.807) is 19.2 Å².